The van der Waals surface area contributed by atoms with Gasteiger partial charge in [-0.05, 0) is 50.3 Å². The average molecular weight is 423 g/mol. The van der Waals surface area contributed by atoms with Gasteiger partial charge in [0.25, 0.3) is 5.56 Å². The lowest BCUT2D eigenvalue weighted by molar-refractivity contribution is -0.136. The predicted octanol–water partition coefficient (Wildman–Crippen LogP) is 4.49. The van der Waals surface area contributed by atoms with Gasteiger partial charge in [-0.1, -0.05) is 0 Å². The Hall–Kier alpha value is -2.88. The van der Waals surface area contributed by atoms with Crippen LogP contribution in [0, 0.1) is 4.77 Å². The molecule has 0 saturated carbocycles. The summed E-state index contributed by atoms with van der Waals surface area (Å²) in [6, 6.07) is 5.35. The number of hydrogen-bond acceptors (Lipinski definition) is 5. The first-order chi connectivity index (χ1) is 13.7. The van der Waals surface area contributed by atoms with E-state index < -0.39 is 22.7 Å². The van der Waals surface area contributed by atoms with E-state index in [-0.39, 0.29) is 22.2 Å². The molecule has 0 atom stereocenters. The highest BCUT2D eigenvalue weighted by Gasteiger charge is 2.35. The van der Waals surface area contributed by atoms with Crippen molar-refractivity contribution in [2.24, 2.45) is 0 Å². The molecule has 1 N–H and O–H groups in total. The van der Waals surface area contributed by atoms with Gasteiger partial charge in [-0.15, -0.1) is 0 Å². The van der Waals surface area contributed by atoms with Gasteiger partial charge in [0.15, 0.2) is 16.3 Å². The Labute approximate surface area is 167 Å². The zero-order valence-corrected chi connectivity index (χ0v) is 16.3. The number of H-pyrrole nitrogens is 1. The first kappa shape index (κ1) is 19.4. The van der Waals surface area contributed by atoms with Crippen molar-refractivity contribution in [3.05, 3.63) is 45.0 Å². The number of halogens is 3. The summed E-state index contributed by atoms with van der Waals surface area (Å²) >= 11 is 5.17. The number of aromatic nitrogens is 3. The summed E-state index contributed by atoms with van der Waals surface area (Å²) in [5.41, 5.74) is -1.65. The molecule has 0 fully saturated rings. The van der Waals surface area contributed by atoms with E-state index in [9.17, 15) is 18.0 Å². The van der Waals surface area contributed by atoms with Crippen LogP contribution < -0.4 is 15.0 Å². The van der Waals surface area contributed by atoms with Crippen LogP contribution in [0.5, 0.6) is 11.5 Å². The van der Waals surface area contributed by atoms with Crippen molar-refractivity contribution in [3.63, 3.8) is 0 Å². The minimum Gasteiger partial charge on any atom is -0.486 e. The lowest BCUT2D eigenvalue weighted by Crippen LogP contribution is -2.21. The molecule has 1 aliphatic heterocycles. The van der Waals surface area contributed by atoms with Crippen molar-refractivity contribution in [2.45, 2.75) is 26.1 Å². The van der Waals surface area contributed by atoms with Crippen LogP contribution in [0.2, 0.25) is 0 Å². The Balaban J connectivity index is 2.07. The van der Waals surface area contributed by atoms with E-state index in [1.54, 1.807) is 32.0 Å². The quantitative estimate of drug-likeness (QED) is 0.615. The van der Waals surface area contributed by atoms with Gasteiger partial charge in [0.2, 0.25) is 0 Å². The van der Waals surface area contributed by atoms with Crippen molar-refractivity contribution < 1.29 is 22.6 Å². The molecule has 10 heteroatoms. The zero-order valence-electron chi connectivity index (χ0n) is 15.5. The Morgan fingerprint density at radius 2 is 1.86 bits per heavy atom. The summed E-state index contributed by atoms with van der Waals surface area (Å²) in [5, 5.41) is -0.541. The van der Waals surface area contributed by atoms with Crippen LogP contribution >= 0.6 is 12.2 Å². The Kier molecular flexibility index (Phi) is 4.60. The van der Waals surface area contributed by atoms with Crippen molar-refractivity contribution in [1.29, 1.82) is 0 Å². The number of alkyl halides is 3. The molecule has 2 aromatic heterocycles. The second-order valence-corrected chi connectivity index (χ2v) is 7.22. The summed E-state index contributed by atoms with van der Waals surface area (Å²) in [7, 11) is 0. The predicted molar refractivity (Wildman–Crippen MR) is 103 cm³/mol. The number of hydrogen-bond donors (Lipinski definition) is 1. The van der Waals surface area contributed by atoms with Crippen LogP contribution in [-0.2, 0) is 6.18 Å². The van der Waals surface area contributed by atoms with Gasteiger partial charge in [-0.25, -0.2) is 4.98 Å². The monoisotopic (exact) mass is 423 g/mol. The van der Waals surface area contributed by atoms with Crippen molar-refractivity contribution in [3.8, 4) is 22.8 Å². The third-order valence-corrected chi connectivity index (χ3v) is 4.85. The van der Waals surface area contributed by atoms with Crippen molar-refractivity contribution >= 4 is 23.3 Å². The van der Waals surface area contributed by atoms with Crippen LogP contribution in [0.15, 0.2) is 29.1 Å². The van der Waals surface area contributed by atoms with Crippen LogP contribution in [0.25, 0.3) is 22.3 Å². The number of rotatable bonds is 2. The number of benzene rings is 1. The van der Waals surface area contributed by atoms with E-state index in [4.69, 9.17) is 21.7 Å². The third kappa shape index (κ3) is 3.37. The molecule has 6 nitrogen and oxygen atoms in total. The minimum absolute atomic E-state index is 0.0115. The molecule has 152 valence electrons. The minimum atomic E-state index is -4.76. The maximum atomic E-state index is 13.8. The molecule has 0 saturated heterocycles. The molecule has 3 heterocycles. The first-order valence-electron chi connectivity index (χ1n) is 8.83. The molecular formula is C19H16F3N3O3S. The van der Waals surface area contributed by atoms with Crippen LogP contribution in [-0.4, -0.2) is 27.7 Å². The van der Waals surface area contributed by atoms with Gasteiger partial charge in [0, 0.05) is 11.6 Å². The van der Waals surface area contributed by atoms with Gasteiger partial charge < -0.3 is 9.47 Å². The second-order valence-electron chi connectivity index (χ2n) is 6.83. The van der Waals surface area contributed by atoms with E-state index in [2.05, 4.69) is 9.97 Å². The van der Waals surface area contributed by atoms with Gasteiger partial charge in [0.05, 0.1) is 16.6 Å². The maximum absolute atomic E-state index is 13.8. The molecule has 0 aliphatic carbocycles. The number of nitrogens with one attached hydrogen (secondary N) is 1. The fraction of sp³-hybridized carbons (Fsp3) is 0.316. The maximum Gasteiger partial charge on any atom is 0.417 e. The molecule has 1 aromatic carbocycles. The van der Waals surface area contributed by atoms with Gasteiger partial charge in [-0.3, -0.25) is 14.3 Å². The van der Waals surface area contributed by atoms with Gasteiger partial charge in [-0.2, -0.15) is 13.2 Å². The summed E-state index contributed by atoms with van der Waals surface area (Å²) < 4.78 is 53.9. The number of nitrogens with zero attached hydrogens (tertiary/aromatic N) is 2. The number of ether oxygens (including phenoxy) is 2. The molecule has 4 rings (SSSR count). The SMILES string of the molecule is CC(C)n1c(=S)[nH]c(=O)c2c(C(F)(F)F)cc(-c3ccc4c(c3)OCCO4)nc21. The Morgan fingerprint density at radius 1 is 1.17 bits per heavy atom. The standard InChI is InChI=1S/C19H16F3N3O3S/c1-9(2)25-16-15(17(26)24-18(25)29)11(19(20,21)22)8-12(23-16)10-3-4-13-14(7-10)28-6-5-27-13/h3-4,7-9H,5-6H2,1-2H3,(H,24,26,29). The lowest BCUT2D eigenvalue weighted by atomic mass is 10.1. The van der Waals surface area contributed by atoms with Crippen molar-refractivity contribution in [2.75, 3.05) is 13.2 Å². The first-order valence-corrected chi connectivity index (χ1v) is 9.24. The van der Waals surface area contributed by atoms with Crippen LogP contribution in [0.3, 0.4) is 0 Å². The van der Waals surface area contributed by atoms with E-state index in [0.29, 0.717) is 30.3 Å². The topological polar surface area (TPSA) is 69.1 Å². The number of aromatic amines is 1. The molecule has 0 amide bonds. The fourth-order valence-corrected chi connectivity index (χ4v) is 3.69. The smallest absolute Gasteiger partial charge is 0.417 e. The Morgan fingerprint density at radius 3 is 2.52 bits per heavy atom. The summed E-state index contributed by atoms with van der Waals surface area (Å²) in [6.45, 7) is 4.24. The molecule has 3 aromatic rings. The molecule has 0 unspecified atom stereocenters. The van der Waals surface area contributed by atoms with E-state index >= 15 is 0 Å². The molecule has 0 radical (unpaired) electrons. The van der Waals surface area contributed by atoms with Crippen molar-refractivity contribution in [1.82, 2.24) is 14.5 Å². The molecule has 29 heavy (non-hydrogen) atoms. The Bertz CT molecular complexity index is 1230. The summed E-state index contributed by atoms with van der Waals surface area (Å²) in [5.74, 6) is 0.939. The lowest BCUT2D eigenvalue weighted by Gasteiger charge is -2.20. The van der Waals surface area contributed by atoms with Gasteiger partial charge >= 0.3 is 6.18 Å². The number of pyridine rings is 1. The largest absolute Gasteiger partial charge is 0.486 e. The highest BCUT2D eigenvalue weighted by Crippen LogP contribution is 2.38. The third-order valence-electron chi connectivity index (χ3n) is 4.55. The summed E-state index contributed by atoms with van der Waals surface area (Å²) in [6.07, 6.45) is -4.76. The molecule has 0 spiro atoms. The van der Waals surface area contributed by atoms with Crippen LogP contribution in [0.4, 0.5) is 13.2 Å². The highest BCUT2D eigenvalue weighted by molar-refractivity contribution is 7.71. The van der Waals surface area contributed by atoms with E-state index in [1.165, 1.54) is 4.57 Å². The normalized spacial score (nSPS) is 13.9. The molecule has 0 bridgehead atoms. The van der Waals surface area contributed by atoms with Crippen LogP contribution in [0.1, 0.15) is 25.5 Å². The highest BCUT2D eigenvalue weighted by atomic mass is 32.1. The fourth-order valence-electron chi connectivity index (χ4n) is 3.30. The van der Waals surface area contributed by atoms with E-state index in [1.807, 2.05) is 0 Å². The number of fused-ring (bicyclic) bond motifs is 2. The molecule has 1 aliphatic rings. The second kappa shape index (κ2) is 6.87. The van der Waals surface area contributed by atoms with E-state index in [0.717, 1.165) is 6.07 Å². The van der Waals surface area contributed by atoms with Gasteiger partial charge in [0.1, 0.15) is 18.9 Å². The molecular weight excluding hydrogens is 407 g/mol. The zero-order chi connectivity index (χ0) is 20.9. The average Bonchev–Trinajstić information content (AvgIpc) is 2.65. The summed E-state index contributed by atoms with van der Waals surface area (Å²) in [4.78, 5) is 19.1.